The molecule has 0 bridgehead atoms. The molecule has 0 N–H and O–H groups in total. The van der Waals surface area contributed by atoms with E-state index in [1.54, 1.807) is 0 Å². The number of thioether (sulfide) groups is 1. The number of methoxy groups -OCH3 is 1. The van der Waals surface area contributed by atoms with E-state index in [-0.39, 0.29) is 11.4 Å². The molecule has 0 radical (unpaired) electrons. The first-order chi connectivity index (χ1) is 8.05. The quantitative estimate of drug-likeness (QED) is 0.756. The predicted molar refractivity (Wildman–Crippen MR) is 71.0 cm³/mol. The van der Waals surface area contributed by atoms with Crippen LogP contribution in [0, 0.1) is 0 Å². The van der Waals surface area contributed by atoms with Crippen LogP contribution in [0.25, 0.3) is 0 Å². The standard InChI is InChI=1S/C13H15NO2S/c1-13(2)9-6-4-5-7-10(9)14-12(13)17-8-11(15)16-3/h4-7H,8H2,1-3H3. The summed E-state index contributed by atoms with van der Waals surface area (Å²) in [5.41, 5.74) is 2.10. The van der Waals surface area contributed by atoms with Crippen molar-refractivity contribution in [3.63, 3.8) is 0 Å². The van der Waals surface area contributed by atoms with Gasteiger partial charge >= 0.3 is 5.97 Å². The summed E-state index contributed by atoms with van der Waals surface area (Å²) in [4.78, 5) is 15.7. The Kier molecular flexibility index (Phi) is 3.24. The summed E-state index contributed by atoms with van der Waals surface area (Å²) in [7, 11) is 1.40. The number of benzene rings is 1. The second-order valence-electron chi connectivity index (χ2n) is 4.42. The summed E-state index contributed by atoms with van der Waals surface area (Å²) < 4.78 is 4.64. The fraction of sp³-hybridized carbons (Fsp3) is 0.385. The number of hydrogen-bond donors (Lipinski definition) is 0. The Morgan fingerprint density at radius 3 is 2.76 bits per heavy atom. The van der Waals surface area contributed by atoms with Crippen molar-refractivity contribution in [3.05, 3.63) is 29.8 Å². The van der Waals surface area contributed by atoms with Gasteiger partial charge < -0.3 is 4.74 Å². The van der Waals surface area contributed by atoms with E-state index in [9.17, 15) is 4.79 Å². The summed E-state index contributed by atoms with van der Waals surface area (Å²) in [5.74, 6) is 0.0942. The highest BCUT2D eigenvalue weighted by Crippen LogP contribution is 2.42. The molecule has 0 saturated heterocycles. The molecule has 1 heterocycles. The SMILES string of the molecule is COC(=O)CSC1=Nc2ccccc2C1(C)C. The summed E-state index contributed by atoms with van der Waals surface area (Å²) >= 11 is 1.46. The Labute approximate surface area is 105 Å². The van der Waals surface area contributed by atoms with E-state index >= 15 is 0 Å². The van der Waals surface area contributed by atoms with Gasteiger partial charge in [-0.05, 0) is 25.5 Å². The van der Waals surface area contributed by atoms with Gasteiger partial charge in [-0.3, -0.25) is 4.79 Å². The third kappa shape index (κ3) is 2.22. The molecule has 90 valence electrons. The van der Waals surface area contributed by atoms with Gasteiger partial charge in [0.1, 0.15) is 0 Å². The monoisotopic (exact) mass is 249 g/mol. The first kappa shape index (κ1) is 12.2. The average molecular weight is 249 g/mol. The Hall–Kier alpha value is -1.29. The smallest absolute Gasteiger partial charge is 0.316 e. The molecule has 0 aromatic heterocycles. The Morgan fingerprint density at radius 1 is 1.41 bits per heavy atom. The van der Waals surface area contributed by atoms with Crippen LogP contribution in [-0.4, -0.2) is 23.9 Å². The van der Waals surface area contributed by atoms with Crippen molar-refractivity contribution in [2.75, 3.05) is 12.9 Å². The lowest BCUT2D eigenvalue weighted by atomic mass is 9.87. The lowest BCUT2D eigenvalue weighted by Crippen LogP contribution is -2.24. The van der Waals surface area contributed by atoms with Crippen LogP contribution >= 0.6 is 11.8 Å². The average Bonchev–Trinajstić information content (AvgIpc) is 2.58. The number of carbonyl (C=O) groups excluding carboxylic acids is 1. The van der Waals surface area contributed by atoms with Gasteiger partial charge in [0.05, 0.1) is 23.6 Å². The molecular weight excluding hydrogens is 234 g/mol. The first-order valence-electron chi connectivity index (χ1n) is 5.44. The highest BCUT2D eigenvalue weighted by molar-refractivity contribution is 8.14. The van der Waals surface area contributed by atoms with Crippen molar-refractivity contribution in [2.45, 2.75) is 19.3 Å². The minimum absolute atomic E-state index is 0.116. The lowest BCUT2D eigenvalue weighted by Gasteiger charge is -2.21. The van der Waals surface area contributed by atoms with Gasteiger partial charge in [-0.1, -0.05) is 30.0 Å². The van der Waals surface area contributed by atoms with Crippen LogP contribution in [0.2, 0.25) is 0 Å². The van der Waals surface area contributed by atoms with Crippen molar-refractivity contribution in [1.29, 1.82) is 0 Å². The highest BCUT2D eigenvalue weighted by atomic mass is 32.2. The zero-order chi connectivity index (χ0) is 12.5. The van der Waals surface area contributed by atoms with Crippen LogP contribution in [0.1, 0.15) is 19.4 Å². The number of esters is 1. The topological polar surface area (TPSA) is 38.7 Å². The van der Waals surface area contributed by atoms with Crippen molar-refractivity contribution < 1.29 is 9.53 Å². The van der Waals surface area contributed by atoms with E-state index in [0.717, 1.165) is 10.7 Å². The summed E-state index contributed by atoms with van der Waals surface area (Å²) in [6.07, 6.45) is 0. The molecule has 0 unspecified atom stereocenters. The van der Waals surface area contributed by atoms with Gasteiger partial charge in [0, 0.05) is 5.41 Å². The fourth-order valence-corrected chi connectivity index (χ4v) is 2.87. The summed E-state index contributed by atoms with van der Waals surface area (Å²) in [6, 6.07) is 8.09. The number of ether oxygens (including phenoxy) is 1. The van der Waals surface area contributed by atoms with Crippen LogP contribution < -0.4 is 0 Å². The molecule has 0 aliphatic carbocycles. The second-order valence-corrected chi connectivity index (χ2v) is 5.39. The maximum Gasteiger partial charge on any atom is 0.316 e. The van der Waals surface area contributed by atoms with E-state index in [1.807, 2.05) is 18.2 Å². The maximum absolute atomic E-state index is 11.2. The van der Waals surface area contributed by atoms with Crippen LogP contribution in [0.15, 0.2) is 29.3 Å². The van der Waals surface area contributed by atoms with Crippen molar-refractivity contribution in [3.8, 4) is 0 Å². The zero-order valence-electron chi connectivity index (χ0n) is 10.2. The molecule has 0 atom stereocenters. The van der Waals surface area contributed by atoms with E-state index < -0.39 is 0 Å². The van der Waals surface area contributed by atoms with Crippen molar-refractivity contribution in [1.82, 2.24) is 0 Å². The van der Waals surface area contributed by atoms with Gasteiger partial charge in [0.25, 0.3) is 0 Å². The first-order valence-corrected chi connectivity index (χ1v) is 6.42. The molecule has 1 aliphatic heterocycles. The number of carbonyl (C=O) groups is 1. The van der Waals surface area contributed by atoms with E-state index in [4.69, 9.17) is 0 Å². The third-order valence-corrected chi connectivity index (χ3v) is 4.14. The number of fused-ring (bicyclic) bond motifs is 1. The number of nitrogens with zero attached hydrogens (tertiary/aromatic N) is 1. The molecule has 17 heavy (non-hydrogen) atoms. The van der Waals surface area contributed by atoms with Gasteiger partial charge in [-0.25, -0.2) is 4.99 Å². The van der Waals surface area contributed by atoms with Gasteiger partial charge in [0.2, 0.25) is 0 Å². The van der Waals surface area contributed by atoms with E-state index in [0.29, 0.717) is 5.75 Å². The Bertz CT molecular complexity index is 480. The van der Waals surface area contributed by atoms with Crippen LogP contribution in [0.4, 0.5) is 5.69 Å². The molecule has 0 fully saturated rings. The van der Waals surface area contributed by atoms with E-state index in [1.165, 1.54) is 24.4 Å². The molecular formula is C13H15NO2S. The largest absolute Gasteiger partial charge is 0.468 e. The molecule has 1 aromatic carbocycles. The molecule has 0 amide bonds. The Balaban J connectivity index is 2.19. The van der Waals surface area contributed by atoms with Crippen LogP contribution in [-0.2, 0) is 14.9 Å². The number of aliphatic imine (C=N–C) groups is 1. The summed E-state index contributed by atoms with van der Waals surface area (Å²) in [5, 5.41) is 0.976. The molecule has 0 saturated carbocycles. The van der Waals surface area contributed by atoms with E-state index in [2.05, 4.69) is 29.6 Å². The van der Waals surface area contributed by atoms with Gasteiger partial charge in [-0.15, -0.1) is 0 Å². The molecule has 2 rings (SSSR count). The normalized spacial score (nSPS) is 16.3. The minimum Gasteiger partial charge on any atom is -0.468 e. The number of hydrogen-bond acceptors (Lipinski definition) is 4. The van der Waals surface area contributed by atoms with Crippen molar-refractivity contribution in [2.24, 2.45) is 4.99 Å². The Morgan fingerprint density at radius 2 is 2.12 bits per heavy atom. The summed E-state index contributed by atoms with van der Waals surface area (Å²) in [6.45, 7) is 4.25. The fourth-order valence-electron chi connectivity index (χ4n) is 1.86. The molecule has 0 spiro atoms. The molecule has 1 aliphatic rings. The molecule has 3 nitrogen and oxygen atoms in total. The van der Waals surface area contributed by atoms with Gasteiger partial charge in [-0.2, -0.15) is 0 Å². The minimum atomic E-state index is -0.218. The highest BCUT2D eigenvalue weighted by Gasteiger charge is 2.35. The molecule has 1 aromatic rings. The van der Waals surface area contributed by atoms with Crippen molar-refractivity contribution >= 4 is 28.5 Å². The zero-order valence-corrected chi connectivity index (χ0v) is 11.0. The molecule has 4 heteroatoms. The second kappa shape index (κ2) is 4.53. The third-order valence-electron chi connectivity index (χ3n) is 2.89. The lowest BCUT2D eigenvalue weighted by molar-refractivity contribution is -0.137. The predicted octanol–water partition coefficient (Wildman–Crippen LogP) is 2.91. The number of para-hydroxylation sites is 1. The van der Waals surface area contributed by atoms with Gasteiger partial charge in [0.15, 0.2) is 0 Å². The van der Waals surface area contributed by atoms with Crippen LogP contribution in [0.5, 0.6) is 0 Å². The number of rotatable bonds is 2. The maximum atomic E-state index is 11.2. The van der Waals surface area contributed by atoms with Crippen LogP contribution in [0.3, 0.4) is 0 Å².